The molecule has 1 aromatic rings. The fraction of sp³-hybridized carbons (Fsp3) is 0.533. The Morgan fingerprint density at radius 3 is 2.47 bits per heavy atom. The summed E-state index contributed by atoms with van der Waals surface area (Å²) in [5.74, 6) is 0.128. The van der Waals surface area contributed by atoms with E-state index < -0.39 is 0 Å². The molecule has 2 rings (SSSR count). The van der Waals surface area contributed by atoms with Crippen molar-refractivity contribution in [3.63, 3.8) is 0 Å². The van der Waals surface area contributed by atoms with Gasteiger partial charge in [0.2, 0.25) is 0 Å². The Morgan fingerprint density at radius 2 is 1.89 bits per heavy atom. The summed E-state index contributed by atoms with van der Waals surface area (Å²) in [5, 5.41) is 12.3. The van der Waals surface area contributed by atoms with Gasteiger partial charge in [-0.2, -0.15) is 11.8 Å². The number of carbonyl (C=O) groups is 1. The Hall–Kier alpha value is -1.16. The number of benzene rings is 1. The number of phenols is 1. The minimum Gasteiger partial charge on any atom is -0.508 e. The van der Waals surface area contributed by atoms with Crippen LogP contribution in [0.1, 0.15) is 42.5 Å². The number of thioether (sulfide) groups is 1. The molecule has 1 fully saturated rings. The van der Waals surface area contributed by atoms with Crippen LogP contribution in [0.4, 0.5) is 0 Å². The van der Waals surface area contributed by atoms with Gasteiger partial charge in [0.25, 0.3) is 5.91 Å². The third kappa shape index (κ3) is 3.66. The number of hydrogen-bond acceptors (Lipinski definition) is 3. The normalized spacial score (nSPS) is 17.9. The lowest BCUT2D eigenvalue weighted by atomic mass is 9.88. The highest BCUT2D eigenvalue weighted by molar-refractivity contribution is 8.00. The van der Waals surface area contributed by atoms with E-state index in [9.17, 15) is 9.90 Å². The van der Waals surface area contributed by atoms with Gasteiger partial charge in [0, 0.05) is 16.9 Å². The zero-order valence-corrected chi connectivity index (χ0v) is 12.1. The molecule has 3 nitrogen and oxygen atoms in total. The van der Waals surface area contributed by atoms with Gasteiger partial charge >= 0.3 is 0 Å². The summed E-state index contributed by atoms with van der Waals surface area (Å²) in [7, 11) is 0. The quantitative estimate of drug-likeness (QED) is 0.890. The third-order valence-electron chi connectivity index (χ3n) is 3.90. The van der Waals surface area contributed by atoms with Crippen molar-refractivity contribution in [3.05, 3.63) is 29.8 Å². The minimum atomic E-state index is -0.0565. The van der Waals surface area contributed by atoms with E-state index in [4.69, 9.17) is 0 Å². The summed E-state index contributed by atoms with van der Waals surface area (Å²) in [6.45, 7) is 0.730. The second kappa shape index (κ2) is 6.33. The first kappa shape index (κ1) is 14.3. The summed E-state index contributed by atoms with van der Waals surface area (Å²) < 4.78 is 0.213. The zero-order chi connectivity index (χ0) is 13.7. The van der Waals surface area contributed by atoms with Gasteiger partial charge in [-0.15, -0.1) is 0 Å². The van der Waals surface area contributed by atoms with Gasteiger partial charge in [-0.25, -0.2) is 0 Å². The first-order valence-corrected chi connectivity index (χ1v) is 8.00. The number of amides is 1. The van der Waals surface area contributed by atoms with E-state index in [0.29, 0.717) is 5.56 Å². The van der Waals surface area contributed by atoms with Crippen molar-refractivity contribution in [2.75, 3.05) is 12.8 Å². The molecule has 0 saturated heterocycles. The highest BCUT2D eigenvalue weighted by Gasteiger charge is 2.31. The number of carbonyl (C=O) groups excluding carboxylic acids is 1. The van der Waals surface area contributed by atoms with Crippen LogP contribution in [-0.2, 0) is 0 Å². The van der Waals surface area contributed by atoms with E-state index in [1.165, 1.54) is 32.1 Å². The molecule has 19 heavy (non-hydrogen) atoms. The predicted molar refractivity (Wildman–Crippen MR) is 79.8 cm³/mol. The van der Waals surface area contributed by atoms with Crippen LogP contribution >= 0.6 is 11.8 Å². The Balaban J connectivity index is 1.93. The lowest BCUT2D eigenvalue weighted by Gasteiger charge is -2.35. The highest BCUT2D eigenvalue weighted by Crippen LogP contribution is 2.37. The van der Waals surface area contributed by atoms with E-state index >= 15 is 0 Å². The van der Waals surface area contributed by atoms with E-state index in [-0.39, 0.29) is 16.4 Å². The average molecular weight is 279 g/mol. The van der Waals surface area contributed by atoms with Crippen LogP contribution in [0.2, 0.25) is 0 Å². The van der Waals surface area contributed by atoms with Gasteiger partial charge in [-0.05, 0) is 43.4 Å². The fourth-order valence-electron chi connectivity index (χ4n) is 2.61. The largest absolute Gasteiger partial charge is 0.508 e. The maximum Gasteiger partial charge on any atom is 0.251 e. The number of phenolic OH excluding ortho intramolecular Hbond substituents is 1. The molecule has 1 aromatic carbocycles. The van der Waals surface area contributed by atoms with Crippen molar-refractivity contribution < 1.29 is 9.90 Å². The Kier molecular flexibility index (Phi) is 4.75. The molecule has 1 aliphatic carbocycles. The Morgan fingerprint density at radius 1 is 1.26 bits per heavy atom. The van der Waals surface area contributed by atoms with Crippen LogP contribution < -0.4 is 5.32 Å². The molecule has 1 amide bonds. The lowest BCUT2D eigenvalue weighted by Crippen LogP contribution is -2.41. The van der Waals surface area contributed by atoms with Crippen LogP contribution in [-0.4, -0.2) is 28.6 Å². The standard InChI is InChI=1S/C15H21NO2S/c1-19-15(9-3-2-4-10-15)11-16-14(18)12-5-7-13(17)8-6-12/h5-8,17H,2-4,9-11H2,1H3,(H,16,18). The van der Waals surface area contributed by atoms with Crippen molar-refractivity contribution in [1.29, 1.82) is 0 Å². The van der Waals surface area contributed by atoms with Gasteiger partial charge in [-0.3, -0.25) is 4.79 Å². The van der Waals surface area contributed by atoms with Crippen molar-refractivity contribution in [1.82, 2.24) is 5.32 Å². The van der Waals surface area contributed by atoms with E-state index in [0.717, 1.165) is 6.54 Å². The molecule has 4 heteroatoms. The summed E-state index contributed by atoms with van der Waals surface area (Å²) in [4.78, 5) is 12.1. The molecule has 0 radical (unpaired) electrons. The molecule has 2 N–H and O–H groups in total. The number of hydrogen-bond donors (Lipinski definition) is 2. The molecule has 0 heterocycles. The van der Waals surface area contributed by atoms with Gasteiger partial charge in [-0.1, -0.05) is 19.3 Å². The Bertz CT molecular complexity index is 424. The summed E-state index contributed by atoms with van der Waals surface area (Å²) in [6.07, 6.45) is 8.34. The van der Waals surface area contributed by atoms with E-state index in [1.54, 1.807) is 24.3 Å². The van der Waals surface area contributed by atoms with Crippen molar-refractivity contribution >= 4 is 17.7 Å². The highest BCUT2D eigenvalue weighted by atomic mass is 32.2. The first-order chi connectivity index (χ1) is 9.15. The number of aromatic hydroxyl groups is 1. The fourth-order valence-corrected chi connectivity index (χ4v) is 3.52. The average Bonchev–Trinajstić information content (AvgIpc) is 2.46. The maximum absolute atomic E-state index is 12.1. The molecule has 0 bridgehead atoms. The summed E-state index contributed by atoms with van der Waals surface area (Å²) in [6, 6.07) is 6.38. The van der Waals surface area contributed by atoms with Crippen LogP contribution in [0.5, 0.6) is 5.75 Å². The molecule has 0 spiro atoms. The molecular formula is C15H21NO2S. The van der Waals surface area contributed by atoms with Crippen molar-refractivity contribution in [2.24, 2.45) is 0 Å². The second-order valence-electron chi connectivity index (χ2n) is 5.18. The van der Waals surface area contributed by atoms with Crippen LogP contribution in [0.3, 0.4) is 0 Å². The molecule has 0 atom stereocenters. The number of nitrogens with one attached hydrogen (secondary N) is 1. The van der Waals surface area contributed by atoms with Crippen molar-refractivity contribution in [2.45, 2.75) is 36.9 Å². The molecule has 0 unspecified atom stereocenters. The molecule has 0 aromatic heterocycles. The van der Waals surface area contributed by atoms with Gasteiger partial charge < -0.3 is 10.4 Å². The Labute approximate surface area is 118 Å². The van der Waals surface area contributed by atoms with Crippen LogP contribution in [0.15, 0.2) is 24.3 Å². The predicted octanol–water partition coefficient (Wildman–Crippen LogP) is 3.19. The smallest absolute Gasteiger partial charge is 0.251 e. The van der Waals surface area contributed by atoms with Gasteiger partial charge in [0.1, 0.15) is 5.75 Å². The molecule has 1 saturated carbocycles. The number of rotatable bonds is 4. The van der Waals surface area contributed by atoms with E-state index in [2.05, 4.69) is 11.6 Å². The molecular weight excluding hydrogens is 258 g/mol. The minimum absolute atomic E-state index is 0.0565. The third-order valence-corrected chi connectivity index (χ3v) is 5.32. The lowest BCUT2D eigenvalue weighted by molar-refractivity contribution is 0.0947. The molecule has 104 valence electrons. The van der Waals surface area contributed by atoms with Crippen molar-refractivity contribution in [3.8, 4) is 5.75 Å². The van der Waals surface area contributed by atoms with Crippen LogP contribution in [0, 0.1) is 0 Å². The second-order valence-corrected chi connectivity index (χ2v) is 6.45. The topological polar surface area (TPSA) is 49.3 Å². The SMILES string of the molecule is CSC1(CNC(=O)c2ccc(O)cc2)CCCCC1. The first-order valence-electron chi connectivity index (χ1n) is 6.78. The van der Waals surface area contributed by atoms with Crippen LogP contribution in [0.25, 0.3) is 0 Å². The summed E-state index contributed by atoms with van der Waals surface area (Å²) >= 11 is 1.88. The van der Waals surface area contributed by atoms with E-state index in [1.807, 2.05) is 11.8 Å². The van der Waals surface area contributed by atoms with Gasteiger partial charge in [0.05, 0.1) is 0 Å². The monoisotopic (exact) mass is 279 g/mol. The maximum atomic E-state index is 12.1. The molecule has 0 aliphatic heterocycles. The molecule has 1 aliphatic rings. The van der Waals surface area contributed by atoms with Gasteiger partial charge in [0.15, 0.2) is 0 Å². The zero-order valence-electron chi connectivity index (χ0n) is 11.3. The summed E-state index contributed by atoms with van der Waals surface area (Å²) in [5.41, 5.74) is 0.602.